The Morgan fingerprint density at radius 1 is 0.394 bits per heavy atom. The van der Waals surface area contributed by atoms with Gasteiger partial charge in [0.15, 0.2) is 0 Å². The lowest BCUT2D eigenvalue weighted by Gasteiger charge is -2.33. The monoisotopic (exact) mass is 456 g/mol. The zero-order valence-electron chi connectivity index (χ0n) is 19.1. The molecule has 0 aromatic heterocycles. The van der Waals surface area contributed by atoms with Crippen molar-refractivity contribution in [2.24, 2.45) is 0 Å². The zero-order valence-corrected chi connectivity index (χ0v) is 20.1. The van der Waals surface area contributed by atoms with E-state index in [1.807, 2.05) is 36.4 Å². The largest absolute Gasteiger partial charge is 1.51 e. The first-order chi connectivity index (χ1) is 15.2. The Hall–Kier alpha value is -3.29. The van der Waals surface area contributed by atoms with Crippen LogP contribution in [0.25, 0.3) is 0 Å². The molecule has 0 bridgehead atoms. The number of phenolic OH excluding ortho intramolecular Hbond substituents is 3. The molecule has 0 saturated carbocycles. The fraction of sp³-hybridized carbons (Fsp3) is 0.172. The second kappa shape index (κ2) is 9.29. The van der Waals surface area contributed by atoms with Crippen LogP contribution in [0.5, 0.6) is 17.2 Å². The van der Waals surface area contributed by atoms with Crippen LogP contribution < -0.4 is 0 Å². The minimum Gasteiger partial charge on any atom is -1.51 e. The summed E-state index contributed by atoms with van der Waals surface area (Å²) in [7, 11) is 0. The van der Waals surface area contributed by atoms with Crippen molar-refractivity contribution >= 4 is 9.90 Å². The van der Waals surface area contributed by atoms with Crippen LogP contribution in [-0.4, -0.2) is 15.3 Å². The molecule has 0 amide bonds. The predicted molar refractivity (Wildman–Crippen MR) is 137 cm³/mol. The number of rotatable bonds is 5. The van der Waals surface area contributed by atoms with E-state index >= 15 is 0 Å². The van der Waals surface area contributed by atoms with Crippen LogP contribution in [0.4, 0.5) is 0 Å². The summed E-state index contributed by atoms with van der Waals surface area (Å²) in [6.07, 6.45) is 0. The Morgan fingerprint density at radius 3 is 0.909 bits per heavy atom. The summed E-state index contributed by atoms with van der Waals surface area (Å²) in [5.74, 6) is 0.721. The molecule has 0 fully saturated rings. The molecule has 4 heteroatoms. The van der Waals surface area contributed by atoms with Crippen molar-refractivity contribution in [2.75, 3.05) is 0 Å². The summed E-state index contributed by atoms with van der Waals surface area (Å²) in [5, 5.41) is 29.2. The summed E-state index contributed by atoms with van der Waals surface area (Å²) in [6, 6.07) is 30.5. The molecule has 4 aromatic rings. The van der Waals surface area contributed by atoms with Gasteiger partial charge in [0.2, 0.25) is 0 Å². The molecule has 0 radical (unpaired) electrons. The van der Waals surface area contributed by atoms with E-state index < -0.39 is 5.41 Å². The van der Waals surface area contributed by atoms with Crippen molar-refractivity contribution in [1.82, 2.24) is 0 Å². The first-order valence-corrected chi connectivity index (χ1v) is 10.7. The molecular weight excluding hydrogens is 427 g/mol. The van der Waals surface area contributed by atoms with E-state index in [0.29, 0.717) is 0 Å². The van der Waals surface area contributed by atoms with Crippen molar-refractivity contribution in [3.8, 4) is 17.2 Å². The Bertz CT molecular complexity index is 1150. The van der Waals surface area contributed by atoms with E-state index in [4.69, 9.17) is 0 Å². The molecule has 170 valence electrons. The van der Waals surface area contributed by atoms with Gasteiger partial charge in [0, 0.05) is 10.8 Å². The second-order valence-corrected chi connectivity index (χ2v) is 8.97. The summed E-state index contributed by atoms with van der Waals surface area (Å²) >= 11 is 0. The summed E-state index contributed by atoms with van der Waals surface area (Å²) in [5.41, 5.74) is 4.81. The van der Waals surface area contributed by atoms with Gasteiger partial charge in [0.05, 0.1) is 0 Å². The van der Waals surface area contributed by atoms with Crippen LogP contribution in [0, 0.1) is 0 Å². The first-order valence-electron chi connectivity index (χ1n) is 10.7. The standard InChI is InChI=1S/C29H28O3.HP/c1-28(2,21-8-14-25(30)15-9-21)20-4-6-22(7-5-20)29(3,23-10-16-26(31)17-11-23)24-12-18-27(32)19-13-24;/h4-19,30-32H,1-3H3;1H/q;-2. The number of hydrogen-bond donors (Lipinski definition) is 3. The fourth-order valence-electron chi connectivity index (χ4n) is 4.35. The normalized spacial score (nSPS) is 11.6. The van der Waals surface area contributed by atoms with Gasteiger partial charge in [-0.2, -0.15) is 0 Å². The van der Waals surface area contributed by atoms with Gasteiger partial charge in [-0.05, 0) is 71.1 Å². The minimum absolute atomic E-state index is 0. The smallest absolute Gasteiger partial charge is 0.115 e. The molecule has 0 unspecified atom stereocenters. The molecular formula is C29H29O3P-2. The maximum Gasteiger partial charge on any atom is 0.115 e. The molecule has 0 atom stereocenters. The van der Waals surface area contributed by atoms with Gasteiger partial charge in [-0.25, -0.2) is 0 Å². The van der Waals surface area contributed by atoms with Gasteiger partial charge in [0.25, 0.3) is 0 Å². The lowest BCUT2D eigenvalue weighted by atomic mass is 9.70. The van der Waals surface area contributed by atoms with Crippen LogP contribution in [0.15, 0.2) is 97.1 Å². The van der Waals surface area contributed by atoms with Crippen molar-refractivity contribution in [1.29, 1.82) is 0 Å². The maximum absolute atomic E-state index is 9.80. The molecule has 0 aliphatic carbocycles. The van der Waals surface area contributed by atoms with Crippen molar-refractivity contribution in [3.63, 3.8) is 0 Å². The zero-order chi connectivity index (χ0) is 22.9. The highest BCUT2D eigenvalue weighted by Crippen LogP contribution is 2.41. The lowest BCUT2D eigenvalue weighted by Crippen LogP contribution is -2.26. The molecule has 0 spiro atoms. The third-order valence-electron chi connectivity index (χ3n) is 6.66. The molecule has 0 heterocycles. The van der Waals surface area contributed by atoms with Gasteiger partial charge in [0.1, 0.15) is 17.2 Å². The highest BCUT2D eigenvalue weighted by atomic mass is 31.0. The maximum atomic E-state index is 9.80. The van der Waals surface area contributed by atoms with Gasteiger partial charge in [-0.15, -0.1) is 0 Å². The Morgan fingerprint density at radius 2 is 0.606 bits per heavy atom. The van der Waals surface area contributed by atoms with Crippen LogP contribution in [0.3, 0.4) is 0 Å². The molecule has 4 rings (SSSR count). The van der Waals surface area contributed by atoms with Gasteiger partial charge in [-0.1, -0.05) is 74.5 Å². The van der Waals surface area contributed by atoms with Crippen LogP contribution >= 0.6 is 9.90 Å². The molecule has 4 aromatic carbocycles. The second-order valence-electron chi connectivity index (χ2n) is 8.97. The highest BCUT2D eigenvalue weighted by molar-refractivity contribution is 6.92. The predicted octanol–water partition coefficient (Wildman–Crippen LogP) is 7.08. The van der Waals surface area contributed by atoms with Crippen LogP contribution in [-0.2, 0) is 10.8 Å². The van der Waals surface area contributed by atoms with Crippen LogP contribution in [0.2, 0.25) is 0 Å². The van der Waals surface area contributed by atoms with E-state index in [9.17, 15) is 15.3 Å². The molecule has 0 saturated heterocycles. The van der Waals surface area contributed by atoms with Crippen molar-refractivity contribution < 1.29 is 15.3 Å². The molecule has 0 aliphatic rings. The molecule has 3 nitrogen and oxygen atoms in total. The van der Waals surface area contributed by atoms with Crippen molar-refractivity contribution in [3.05, 3.63) is 125 Å². The Labute approximate surface area is 199 Å². The molecule has 0 aliphatic heterocycles. The average molecular weight is 457 g/mol. The van der Waals surface area contributed by atoms with E-state index in [-0.39, 0.29) is 32.6 Å². The van der Waals surface area contributed by atoms with E-state index in [1.54, 1.807) is 36.4 Å². The Balaban J connectivity index is 0.00000306. The van der Waals surface area contributed by atoms with Gasteiger partial charge >= 0.3 is 0 Å². The first kappa shape index (κ1) is 24.4. The summed E-state index contributed by atoms with van der Waals surface area (Å²) in [6.45, 7) is 6.51. The highest BCUT2D eigenvalue weighted by Gasteiger charge is 2.32. The lowest BCUT2D eigenvalue weighted by molar-refractivity contribution is 0.473. The van der Waals surface area contributed by atoms with E-state index in [0.717, 1.165) is 22.3 Å². The average Bonchev–Trinajstić information content (AvgIpc) is 2.80. The molecule has 33 heavy (non-hydrogen) atoms. The molecule has 3 N–H and O–H groups in total. The van der Waals surface area contributed by atoms with Crippen molar-refractivity contribution in [2.45, 2.75) is 31.6 Å². The van der Waals surface area contributed by atoms with E-state index in [1.165, 1.54) is 5.56 Å². The number of phenols is 3. The summed E-state index contributed by atoms with van der Waals surface area (Å²) < 4.78 is 0. The quantitative estimate of drug-likeness (QED) is 0.222. The third-order valence-corrected chi connectivity index (χ3v) is 6.66. The number of hydrogen-bond acceptors (Lipinski definition) is 3. The van der Waals surface area contributed by atoms with Crippen LogP contribution in [0.1, 0.15) is 48.6 Å². The fourth-order valence-corrected chi connectivity index (χ4v) is 4.35. The van der Waals surface area contributed by atoms with Gasteiger partial charge < -0.3 is 25.2 Å². The Kier molecular flexibility index (Phi) is 6.86. The number of benzene rings is 4. The topological polar surface area (TPSA) is 60.7 Å². The third kappa shape index (κ3) is 4.60. The van der Waals surface area contributed by atoms with E-state index in [2.05, 4.69) is 45.0 Å². The summed E-state index contributed by atoms with van der Waals surface area (Å²) in [4.78, 5) is 0. The number of aromatic hydroxyl groups is 3. The SMILES string of the molecule is CC(C)(c1ccc(O)cc1)c1ccc(C(C)(c2ccc(O)cc2)c2ccc(O)cc2)cc1.[PH-2]. The minimum atomic E-state index is -0.470. The van der Waals surface area contributed by atoms with Gasteiger partial charge in [-0.3, -0.25) is 0 Å².